The molecule has 0 heterocycles. The van der Waals surface area contributed by atoms with Gasteiger partial charge in [-0.25, -0.2) is 0 Å². The molecule has 0 saturated heterocycles. The van der Waals surface area contributed by atoms with E-state index in [2.05, 4.69) is 6.92 Å². The van der Waals surface area contributed by atoms with Crippen molar-refractivity contribution in [3.05, 3.63) is 0 Å². The molecule has 0 fully saturated rings. The highest BCUT2D eigenvalue weighted by atomic mass is 16.3. The molecule has 0 aliphatic heterocycles. The summed E-state index contributed by atoms with van der Waals surface area (Å²) in [4.78, 5) is 0. The minimum Gasteiger partial charge on any atom is -0.396 e. The first-order chi connectivity index (χ1) is 5.08. The zero-order valence-corrected chi connectivity index (χ0v) is 7.80. The summed E-state index contributed by atoms with van der Waals surface area (Å²) in [5, 5.41) is 18.0. The summed E-state index contributed by atoms with van der Waals surface area (Å²) in [6.07, 6.45) is 2.05. The average Bonchev–Trinajstić information content (AvgIpc) is 2.00. The van der Waals surface area contributed by atoms with Crippen molar-refractivity contribution in [1.29, 1.82) is 0 Å². The molecule has 0 radical (unpaired) electrons. The molecule has 2 heteroatoms. The highest BCUT2D eigenvalue weighted by molar-refractivity contribution is 4.76. The molecule has 11 heavy (non-hydrogen) atoms. The Morgan fingerprint density at radius 2 is 1.82 bits per heavy atom. The van der Waals surface area contributed by atoms with Gasteiger partial charge in [-0.15, -0.1) is 0 Å². The zero-order valence-electron chi connectivity index (χ0n) is 7.80. The molecule has 1 unspecified atom stereocenters. The van der Waals surface area contributed by atoms with E-state index in [0.29, 0.717) is 0 Å². The summed E-state index contributed by atoms with van der Waals surface area (Å²) < 4.78 is 0. The molecule has 0 aliphatic carbocycles. The molecule has 2 nitrogen and oxygen atoms in total. The molecule has 0 aromatic rings. The second kappa shape index (κ2) is 4.73. The van der Waals surface area contributed by atoms with Gasteiger partial charge in [0.05, 0.1) is 0 Å². The minimum absolute atomic E-state index is 0.134. The number of aliphatic hydroxyl groups is 2. The van der Waals surface area contributed by atoms with Crippen LogP contribution < -0.4 is 0 Å². The molecule has 0 bridgehead atoms. The van der Waals surface area contributed by atoms with Gasteiger partial charge in [-0.3, -0.25) is 0 Å². The second-order valence-corrected chi connectivity index (χ2v) is 3.81. The van der Waals surface area contributed by atoms with Crippen molar-refractivity contribution < 1.29 is 10.2 Å². The van der Waals surface area contributed by atoms with Crippen LogP contribution in [-0.4, -0.2) is 23.4 Å². The normalized spacial score (nSPS) is 15.0. The Bertz CT molecular complexity index is 99.7. The topological polar surface area (TPSA) is 40.5 Å². The monoisotopic (exact) mass is 160 g/mol. The van der Waals surface area contributed by atoms with Crippen LogP contribution in [0.2, 0.25) is 0 Å². The first-order valence-corrected chi connectivity index (χ1v) is 4.30. The van der Waals surface area contributed by atoms with Crippen molar-refractivity contribution in [2.24, 2.45) is 11.3 Å². The highest BCUT2D eigenvalue weighted by Gasteiger charge is 2.26. The van der Waals surface area contributed by atoms with E-state index >= 15 is 0 Å². The van der Waals surface area contributed by atoms with Crippen LogP contribution in [0.25, 0.3) is 0 Å². The van der Waals surface area contributed by atoms with Gasteiger partial charge in [0.15, 0.2) is 0 Å². The van der Waals surface area contributed by atoms with Gasteiger partial charge in [-0.05, 0) is 17.8 Å². The van der Waals surface area contributed by atoms with E-state index < -0.39 is 0 Å². The lowest BCUT2D eigenvalue weighted by atomic mass is 9.77. The van der Waals surface area contributed by atoms with Crippen LogP contribution in [0.5, 0.6) is 0 Å². The molecule has 0 rings (SSSR count). The van der Waals surface area contributed by atoms with E-state index in [1.807, 2.05) is 13.8 Å². The molecule has 0 aliphatic rings. The first kappa shape index (κ1) is 10.9. The smallest absolute Gasteiger partial charge is 0.0485 e. The molecule has 1 atom stereocenters. The fourth-order valence-electron chi connectivity index (χ4n) is 1.21. The van der Waals surface area contributed by atoms with Crippen molar-refractivity contribution in [2.75, 3.05) is 13.2 Å². The average molecular weight is 160 g/mol. The molecule has 2 N–H and O–H groups in total. The van der Waals surface area contributed by atoms with Gasteiger partial charge >= 0.3 is 0 Å². The predicted octanol–water partition coefficient (Wildman–Crippen LogP) is 1.41. The van der Waals surface area contributed by atoms with Crippen LogP contribution in [0.4, 0.5) is 0 Å². The molecule has 0 aromatic carbocycles. The van der Waals surface area contributed by atoms with Crippen molar-refractivity contribution >= 4 is 0 Å². The van der Waals surface area contributed by atoms with Crippen LogP contribution >= 0.6 is 0 Å². The third-order valence-corrected chi connectivity index (χ3v) is 2.37. The lowest BCUT2D eigenvalue weighted by Gasteiger charge is -2.30. The first-order valence-electron chi connectivity index (χ1n) is 4.30. The van der Waals surface area contributed by atoms with Crippen LogP contribution in [-0.2, 0) is 0 Å². The Hall–Kier alpha value is -0.0800. The summed E-state index contributed by atoms with van der Waals surface area (Å²) in [5.41, 5.74) is -0.134. The summed E-state index contributed by atoms with van der Waals surface area (Å²) >= 11 is 0. The summed E-state index contributed by atoms with van der Waals surface area (Å²) in [6, 6.07) is 0. The number of hydrogen-bond donors (Lipinski definition) is 2. The molecule has 68 valence electrons. The Kier molecular flexibility index (Phi) is 4.69. The molecular formula is C9H20O2. The number of hydrogen-bond acceptors (Lipinski definition) is 2. The maximum Gasteiger partial charge on any atom is 0.0485 e. The van der Waals surface area contributed by atoms with E-state index in [1.165, 1.54) is 0 Å². The SMILES string of the molecule is CCCC(CO)C(C)(C)CO. The Morgan fingerprint density at radius 1 is 1.27 bits per heavy atom. The van der Waals surface area contributed by atoms with E-state index in [4.69, 9.17) is 10.2 Å². The predicted molar refractivity (Wildman–Crippen MR) is 46.4 cm³/mol. The molecule has 0 aromatic heterocycles. The third-order valence-electron chi connectivity index (χ3n) is 2.37. The van der Waals surface area contributed by atoms with Gasteiger partial charge in [0, 0.05) is 13.2 Å². The number of aliphatic hydroxyl groups excluding tert-OH is 2. The van der Waals surface area contributed by atoms with Gasteiger partial charge in [-0.1, -0.05) is 27.2 Å². The van der Waals surface area contributed by atoms with Crippen molar-refractivity contribution in [1.82, 2.24) is 0 Å². The van der Waals surface area contributed by atoms with Gasteiger partial charge in [0.2, 0.25) is 0 Å². The summed E-state index contributed by atoms with van der Waals surface area (Å²) in [6.45, 7) is 6.41. The standard InChI is InChI=1S/C9H20O2/c1-4-5-8(6-10)9(2,3)7-11/h8,10-11H,4-7H2,1-3H3. The van der Waals surface area contributed by atoms with Gasteiger partial charge in [0.25, 0.3) is 0 Å². The van der Waals surface area contributed by atoms with Gasteiger partial charge in [0.1, 0.15) is 0 Å². The summed E-state index contributed by atoms with van der Waals surface area (Å²) in [7, 11) is 0. The Morgan fingerprint density at radius 3 is 2.09 bits per heavy atom. The molecule has 0 spiro atoms. The second-order valence-electron chi connectivity index (χ2n) is 3.81. The molecule has 0 amide bonds. The molecular weight excluding hydrogens is 140 g/mol. The lowest BCUT2D eigenvalue weighted by molar-refractivity contribution is 0.0511. The van der Waals surface area contributed by atoms with Crippen LogP contribution in [0.1, 0.15) is 33.6 Å². The van der Waals surface area contributed by atoms with Gasteiger partial charge in [-0.2, -0.15) is 0 Å². The summed E-state index contributed by atoms with van der Waals surface area (Å²) in [5.74, 6) is 0.234. The van der Waals surface area contributed by atoms with E-state index in [-0.39, 0.29) is 24.5 Å². The lowest BCUT2D eigenvalue weighted by Crippen LogP contribution is -2.30. The van der Waals surface area contributed by atoms with E-state index in [0.717, 1.165) is 12.8 Å². The largest absolute Gasteiger partial charge is 0.396 e. The maximum absolute atomic E-state index is 9.01. The zero-order chi connectivity index (χ0) is 8.91. The van der Waals surface area contributed by atoms with E-state index in [1.54, 1.807) is 0 Å². The fraction of sp³-hybridized carbons (Fsp3) is 1.00. The van der Waals surface area contributed by atoms with Crippen LogP contribution in [0, 0.1) is 11.3 Å². The Labute approximate surface area is 69.2 Å². The van der Waals surface area contributed by atoms with E-state index in [9.17, 15) is 0 Å². The maximum atomic E-state index is 9.01. The third kappa shape index (κ3) is 3.21. The van der Waals surface area contributed by atoms with Gasteiger partial charge < -0.3 is 10.2 Å². The fourth-order valence-corrected chi connectivity index (χ4v) is 1.21. The quantitative estimate of drug-likeness (QED) is 0.638. The van der Waals surface area contributed by atoms with Crippen LogP contribution in [0.15, 0.2) is 0 Å². The van der Waals surface area contributed by atoms with Crippen LogP contribution in [0.3, 0.4) is 0 Å². The van der Waals surface area contributed by atoms with Crippen molar-refractivity contribution in [3.8, 4) is 0 Å². The van der Waals surface area contributed by atoms with Crippen molar-refractivity contribution in [3.63, 3.8) is 0 Å². The Balaban J connectivity index is 3.99. The van der Waals surface area contributed by atoms with Crippen molar-refractivity contribution in [2.45, 2.75) is 33.6 Å². The minimum atomic E-state index is -0.134. The number of rotatable bonds is 5. The molecule has 0 saturated carbocycles. The highest BCUT2D eigenvalue weighted by Crippen LogP contribution is 2.29.